The van der Waals surface area contributed by atoms with Gasteiger partial charge >= 0.3 is 6.03 Å². The van der Waals surface area contributed by atoms with Crippen LogP contribution in [0.25, 0.3) is 0 Å². The van der Waals surface area contributed by atoms with Gasteiger partial charge in [0, 0.05) is 20.1 Å². The zero-order valence-corrected chi connectivity index (χ0v) is 8.35. The molecule has 1 fully saturated rings. The van der Waals surface area contributed by atoms with Crippen molar-refractivity contribution in [1.82, 2.24) is 10.2 Å². The number of carbonyl (C=O) groups is 1. The van der Waals surface area contributed by atoms with E-state index in [1.165, 1.54) is 0 Å². The Morgan fingerprint density at radius 2 is 2.25 bits per heavy atom. The van der Waals surface area contributed by atoms with E-state index in [9.17, 15) is 4.79 Å². The molecule has 0 heterocycles. The predicted octanol–water partition coefficient (Wildman–Crippen LogP) is 1.45. The molecule has 2 amide bonds. The third-order valence-corrected chi connectivity index (χ3v) is 2.86. The second kappa shape index (κ2) is 2.96. The zero-order chi connectivity index (χ0) is 9.35. The minimum atomic E-state index is 0.0252. The Hall–Kier alpha value is -0.730. The molecule has 0 spiro atoms. The Balaban J connectivity index is 2.32. The molecular formula is C9H18N2O. The number of hydrogen-bond donors (Lipinski definition) is 1. The van der Waals surface area contributed by atoms with Crippen molar-refractivity contribution in [1.29, 1.82) is 0 Å². The highest BCUT2D eigenvalue weighted by atomic mass is 16.2. The first-order valence-electron chi connectivity index (χ1n) is 4.47. The van der Waals surface area contributed by atoms with Crippen LogP contribution in [0.3, 0.4) is 0 Å². The van der Waals surface area contributed by atoms with Gasteiger partial charge in [-0.15, -0.1) is 0 Å². The number of nitrogens with one attached hydrogen (secondary N) is 1. The maximum Gasteiger partial charge on any atom is 0.317 e. The summed E-state index contributed by atoms with van der Waals surface area (Å²) in [5, 5.41) is 2.98. The van der Waals surface area contributed by atoms with Gasteiger partial charge in [-0.3, -0.25) is 0 Å². The maximum atomic E-state index is 11.2. The minimum Gasteiger partial charge on any atom is -0.335 e. The van der Waals surface area contributed by atoms with Gasteiger partial charge in [-0.2, -0.15) is 0 Å². The average Bonchev–Trinajstić information content (AvgIpc) is 2.63. The molecule has 3 nitrogen and oxygen atoms in total. The lowest BCUT2D eigenvalue weighted by Gasteiger charge is -2.13. The standard InChI is InChI=1S/C9H18N2O/c1-5-9(2)6-7(9)10-8(12)11(3)4/h7H,5-6H2,1-4H3,(H,10,12). The Bertz CT molecular complexity index is 191. The Labute approximate surface area is 74.1 Å². The lowest BCUT2D eigenvalue weighted by atomic mass is 10.1. The molecule has 0 aromatic carbocycles. The van der Waals surface area contributed by atoms with E-state index in [2.05, 4.69) is 19.2 Å². The van der Waals surface area contributed by atoms with Gasteiger partial charge in [0.05, 0.1) is 0 Å². The SMILES string of the molecule is CCC1(C)CC1NC(=O)N(C)C. The van der Waals surface area contributed by atoms with Crippen molar-refractivity contribution in [3.05, 3.63) is 0 Å². The van der Waals surface area contributed by atoms with E-state index < -0.39 is 0 Å². The van der Waals surface area contributed by atoms with Crippen LogP contribution >= 0.6 is 0 Å². The van der Waals surface area contributed by atoms with Crippen LogP contribution in [0.5, 0.6) is 0 Å². The van der Waals surface area contributed by atoms with Gasteiger partial charge in [0.2, 0.25) is 0 Å². The summed E-state index contributed by atoms with van der Waals surface area (Å²) >= 11 is 0. The summed E-state index contributed by atoms with van der Waals surface area (Å²) in [6.45, 7) is 4.38. The molecule has 0 aromatic heterocycles. The molecule has 0 bridgehead atoms. The second-order valence-electron chi connectivity index (χ2n) is 4.11. The molecule has 0 aliphatic heterocycles. The highest BCUT2D eigenvalue weighted by Gasteiger charge is 2.49. The summed E-state index contributed by atoms with van der Waals surface area (Å²) in [5.74, 6) is 0. The largest absolute Gasteiger partial charge is 0.335 e. The van der Waals surface area contributed by atoms with Gasteiger partial charge in [0.25, 0.3) is 0 Å². The normalized spacial score (nSPS) is 32.8. The lowest BCUT2D eigenvalue weighted by Crippen LogP contribution is -2.37. The molecule has 12 heavy (non-hydrogen) atoms. The van der Waals surface area contributed by atoms with Crippen LogP contribution in [-0.2, 0) is 0 Å². The fraction of sp³-hybridized carbons (Fsp3) is 0.889. The molecule has 1 aliphatic rings. The summed E-state index contributed by atoms with van der Waals surface area (Å²) in [6.07, 6.45) is 2.27. The molecule has 70 valence electrons. The molecule has 0 saturated heterocycles. The van der Waals surface area contributed by atoms with Crippen LogP contribution in [0.4, 0.5) is 4.79 Å². The summed E-state index contributed by atoms with van der Waals surface area (Å²) < 4.78 is 0. The van der Waals surface area contributed by atoms with Crippen LogP contribution < -0.4 is 5.32 Å². The molecule has 3 heteroatoms. The topological polar surface area (TPSA) is 32.3 Å². The van der Waals surface area contributed by atoms with Crippen LogP contribution in [-0.4, -0.2) is 31.1 Å². The molecule has 1 rings (SSSR count). The second-order valence-corrected chi connectivity index (χ2v) is 4.11. The van der Waals surface area contributed by atoms with Crippen LogP contribution in [0.1, 0.15) is 26.7 Å². The fourth-order valence-electron chi connectivity index (χ4n) is 1.30. The van der Waals surface area contributed by atoms with E-state index in [4.69, 9.17) is 0 Å². The van der Waals surface area contributed by atoms with E-state index in [0.717, 1.165) is 12.8 Å². The summed E-state index contributed by atoms with van der Waals surface area (Å²) in [5.41, 5.74) is 0.367. The number of rotatable bonds is 2. The van der Waals surface area contributed by atoms with Gasteiger partial charge < -0.3 is 10.2 Å². The predicted molar refractivity (Wildman–Crippen MR) is 49.0 cm³/mol. The summed E-state index contributed by atoms with van der Waals surface area (Å²) in [4.78, 5) is 12.8. The van der Waals surface area contributed by atoms with Crippen molar-refractivity contribution in [2.75, 3.05) is 14.1 Å². The third kappa shape index (κ3) is 1.71. The number of carbonyl (C=O) groups excluding carboxylic acids is 1. The van der Waals surface area contributed by atoms with E-state index in [1.807, 2.05) is 0 Å². The van der Waals surface area contributed by atoms with E-state index in [1.54, 1.807) is 19.0 Å². The van der Waals surface area contributed by atoms with Gasteiger partial charge in [-0.05, 0) is 18.3 Å². The van der Waals surface area contributed by atoms with Crippen molar-refractivity contribution in [3.63, 3.8) is 0 Å². The van der Waals surface area contributed by atoms with E-state index >= 15 is 0 Å². The molecule has 2 unspecified atom stereocenters. The summed E-state index contributed by atoms with van der Waals surface area (Å²) in [7, 11) is 3.53. The van der Waals surface area contributed by atoms with Crippen molar-refractivity contribution in [2.24, 2.45) is 5.41 Å². The number of amides is 2. The molecule has 1 saturated carbocycles. The fourth-order valence-corrected chi connectivity index (χ4v) is 1.30. The van der Waals surface area contributed by atoms with Gasteiger partial charge in [-0.1, -0.05) is 13.8 Å². The maximum absolute atomic E-state index is 11.2. The van der Waals surface area contributed by atoms with Gasteiger partial charge in [0.15, 0.2) is 0 Å². The Morgan fingerprint density at radius 1 is 1.67 bits per heavy atom. The molecule has 0 radical (unpaired) electrons. The van der Waals surface area contributed by atoms with Crippen LogP contribution in [0, 0.1) is 5.41 Å². The van der Waals surface area contributed by atoms with E-state index in [-0.39, 0.29) is 6.03 Å². The first-order valence-corrected chi connectivity index (χ1v) is 4.47. The van der Waals surface area contributed by atoms with Gasteiger partial charge in [0.1, 0.15) is 0 Å². The number of nitrogens with zero attached hydrogens (tertiary/aromatic N) is 1. The molecular weight excluding hydrogens is 152 g/mol. The first kappa shape index (κ1) is 9.36. The Kier molecular flexibility index (Phi) is 2.31. The smallest absolute Gasteiger partial charge is 0.317 e. The number of hydrogen-bond acceptors (Lipinski definition) is 1. The molecule has 0 aromatic rings. The highest BCUT2D eigenvalue weighted by Crippen LogP contribution is 2.48. The van der Waals surface area contributed by atoms with Crippen LogP contribution in [0.2, 0.25) is 0 Å². The van der Waals surface area contributed by atoms with Crippen molar-refractivity contribution >= 4 is 6.03 Å². The molecule has 2 atom stereocenters. The van der Waals surface area contributed by atoms with Crippen LogP contribution in [0.15, 0.2) is 0 Å². The summed E-state index contributed by atoms with van der Waals surface area (Å²) in [6, 6.07) is 0.426. The highest BCUT2D eigenvalue weighted by molar-refractivity contribution is 5.74. The molecule has 1 N–H and O–H groups in total. The Morgan fingerprint density at radius 3 is 2.58 bits per heavy atom. The van der Waals surface area contributed by atoms with Gasteiger partial charge in [-0.25, -0.2) is 4.79 Å². The number of urea groups is 1. The first-order chi connectivity index (χ1) is 5.49. The average molecular weight is 170 g/mol. The van der Waals surface area contributed by atoms with Crippen molar-refractivity contribution in [3.8, 4) is 0 Å². The third-order valence-electron chi connectivity index (χ3n) is 2.86. The quantitative estimate of drug-likeness (QED) is 0.668. The minimum absolute atomic E-state index is 0.0252. The lowest BCUT2D eigenvalue weighted by molar-refractivity contribution is 0.215. The van der Waals surface area contributed by atoms with Crippen molar-refractivity contribution in [2.45, 2.75) is 32.7 Å². The van der Waals surface area contributed by atoms with Crippen molar-refractivity contribution < 1.29 is 4.79 Å². The zero-order valence-electron chi connectivity index (χ0n) is 8.35. The van der Waals surface area contributed by atoms with E-state index in [0.29, 0.717) is 11.5 Å². The molecule has 1 aliphatic carbocycles. The monoisotopic (exact) mass is 170 g/mol.